The molecule has 4 heteroatoms. The molecule has 1 aliphatic rings. The molecule has 9 aromatic rings. The molecule has 4 nitrogen and oxygen atoms in total. The lowest BCUT2D eigenvalue weighted by Gasteiger charge is -2.24. The number of para-hydroxylation sites is 1. The van der Waals surface area contributed by atoms with E-state index in [1.807, 2.05) is 30.3 Å². The normalized spacial score (nSPS) is 14.1. The first-order valence-electron chi connectivity index (χ1n) is 17.2. The molecule has 0 aliphatic heterocycles. The van der Waals surface area contributed by atoms with Gasteiger partial charge in [0.1, 0.15) is 11.2 Å². The number of aromatic nitrogens is 3. The fraction of sp³-hybridized carbons (Fsp3) is 0.0652. The Morgan fingerprint density at radius 1 is 0.520 bits per heavy atom. The molecule has 0 amide bonds. The second-order valence-electron chi connectivity index (χ2n) is 13.2. The third kappa shape index (κ3) is 4.56. The lowest BCUT2D eigenvalue weighted by Crippen LogP contribution is -2.07. The number of hydrogen-bond acceptors (Lipinski definition) is 4. The van der Waals surface area contributed by atoms with Crippen LogP contribution in [-0.2, 0) is 0 Å². The Morgan fingerprint density at radius 3 is 2.08 bits per heavy atom. The average Bonchev–Trinajstić information content (AvgIpc) is 3.57. The van der Waals surface area contributed by atoms with E-state index in [2.05, 4.69) is 128 Å². The van der Waals surface area contributed by atoms with E-state index < -0.39 is 0 Å². The molecule has 0 spiro atoms. The Morgan fingerprint density at radius 2 is 1.20 bits per heavy atom. The van der Waals surface area contributed by atoms with Crippen LogP contribution in [0.15, 0.2) is 150 Å². The largest absolute Gasteiger partial charge is 0.456 e. The van der Waals surface area contributed by atoms with Gasteiger partial charge in [0.05, 0.1) is 0 Å². The van der Waals surface area contributed by atoms with Crippen molar-refractivity contribution in [2.75, 3.05) is 0 Å². The first kappa shape index (κ1) is 28.6. The molecule has 10 rings (SSSR count). The zero-order valence-corrected chi connectivity index (χ0v) is 27.5. The summed E-state index contributed by atoms with van der Waals surface area (Å²) >= 11 is 0. The number of allylic oxidation sites excluding steroid dienone is 1. The molecule has 1 unspecified atom stereocenters. The van der Waals surface area contributed by atoms with Crippen LogP contribution in [-0.4, -0.2) is 15.0 Å². The quantitative estimate of drug-likeness (QED) is 0.179. The number of fused-ring (bicyclic) bond motifs is 7. The van der Waals surface area contributed by atoms with Crippen molar-refractivity contribution in [3.63, 3.8) is 0 Å². The van der Waals surface area contributed by atoms with Crippen LogP contribution in [0.1, 0.15) is 30.4 Å². The van der Waals surface area contributed by atoms with Crippen molar-refractivity contribution < 1.29 is 4.42 Å². The van der Waals surface area contributed by atoms with Crippen LogP contribution in [0.5, 0.6) is 0 Å². The van der Waals surface area contributed by atoms with Gasteiger partial charge in [-0.1, -0.05) is 140 Å². The summed E-state index contributed by atoms with van der Waals surface area (Å²) in [7, 11) is 0. The summed E-state index contributed by atoms with van der Waals surface area (Å²) in [6.45, 7) is 2.30. The number of nitrogens with zero attached hydrogens (tertiary/aromatic N) is 3. The predicted molar refractivity (Wildman–Crippen MR) is 206 cm³/mol. The van der Waals surface area contributed by atoms with Gasteiger partial charge >= 0.3 is 0 Å². The minimum atomic E-state index is 0.276. The van der Waals surface area contributed by atoms with Gasteiger partial charge in [0.15, 0.2) is 17.5 Å². The first-order chi connectivity index (χ1) is 24.7. The van der Waals surface area contributed by atoms with Gasteiger partial charge in [-0.05, 0) is 74.3 Å². The van der Waals surface area contributed by atoms with Crippen molar-refractivity contribution in [1.29, 1.82) is 0 Å². The van der Waals surface area contributed by atoms with Crippen molar-refractivity contribution in [3.05, 3.63) is 157 Å². The minimum Gasteiger partial charge on any atom is -0.456 e. The SMILES string of the molecule is CC1CC=Cc2c(-c3cccc4oc5ccccc5c34)ccc(-c3nc(-c4ccccc4)nc(-c4ccc5ccc6ccccc6c5c4)n3)c21. The fourth-order valence-corrected chi connectivity index (χ4v) is 7.77. The van der Waals surface area contributed by atoms with Gasteiger partial charge in [0.2, 0.25) is 0 Å². The number of rotatable bonds is 4. The zero-order valence-electron chi connectivity index (χ0n) is 27.5. The van der Waals surface area contributed by atoms with Gasteiger partial charge in [-0.25, -0.2) is 15.0 Å². The molecule has 0 saturated heterocycles. The van der Waals surface area contributed by atoms with Crippen molar-refractivity contribution in [3.8, 4) is 45.3 Å². The van der Waals surface area contributed by atoms with Crippen LogP contribution in [0, 0.1) is 0 Å². The van der Waals surface area contributed by atoms with Crippen molar-refractivity contribution in [1.82, 2.24) is 15.0 Å². The summed E-state index contributed by atoms with van der Waals surface area (Å²) < 4.78 is 6.29. The molecule has 2 aromatic heterocycles. The highest BCUT2D eigenvalue weighted by Crippen LogP contribution is 2.45. The van der Waals surface area contributed by atoms with Crippen LogP contribution in [0.4, 0.5) is 0 Å². The van der Waals surface area contributed by atoms with Crippen molar-refractivity contribution in [2.24, 2.45) is 0 Å². The summed E-state index contributed by atoms with van der Waals surface area (Å²) in [5.41, 5.74) is 9.57. The van der Waals surface area contributed by atoms with E-state index in [-0.39, 0.29) is 5.92 Å². The Labute approximate surface area is 289 Å². The summed E-state index contributed by atoms with van der Waals surface area (Å²) in [6.07, 6.45) is 5.52. The molecule has 0 fully saturated rings. The van der Waals surface area contributed by atoms with Gasteiger partial charge in [-0.15, -0.1) is 0 Å². The number of furan rings is 1. The molecule has 1 aliphatic carbocycles. The van der Waals surface area contributed by atoms with Gasteiger partial charge in [0.25, 0.3) is 0 Å². The molecule has 1 atom stereocenters. The maximum absolute atomic E-state index is 6.29. The van der Waals surface area contributed by atoms with Crippen LogP contribution in [0.2, 0.25) is 0 Å². The molecule has 7 aromatic carbocycles. The topological polar surface area (TPSA) is 51.8 Å². The third-order valence-corrected chi connectivity index (χ3v) is 10.2. The summed E-state index contributed by atoms with van der Waals surface area (Å²) in [5, 5.41) is 7.08. The fourth-order valence-electron chi connectivity index (χ4n) is 7.77. The maximum Gasteiger partial charge on any atom is 0.164 e. The van der Waals surface area contributed by atoms with E-state index >= 15 is 0 Å². The summed E-state index contributed by atoms with van der Waals surface area (Å²) in [4.78, 5) is 15.5. The molecule has 2 heterocycles. The smallest absolute Gasteiger partial charge is 0.164 e. The second-order valence-corrected chi connectivity index (χ2v) is 13.2. The molecular formula is C46H31N3O. The third-order valence-electron chi connectivity index (χ3n) is 10.2. The van der Waals surface area contributed by atoms with Crippen molar-refractivity contribution in [2.45, 2.75) is 19.3 Å². The molecule has 0 bridgehead atoms. The second kappa shape index (κ2) is 11.4. The predicted octanol–water partition coefficient (Wildman–Crippen LogP) is 12.3. The standard InChI is InChI=1S/C46H31N3O/c1-28-11-9-17-35-34(36-18-10-20-41-43(36)37-16-7-8-19-40(37)50-41)25-26-38(42(28)35)46-48-44(31-13-3-2-4-14-31)47-45(49-46)32-24-23-30-22-21-29-12-5-6-15-33(29)39(30)27-32/h2-10,12-28H,11H2,1H3. The van der Waals surface area contributed by atoms with Gasteiger partial charge in [-0.2, -0.15) is 0 Å². The van der Waals surface area contributed by atoms with E-state index in [9.17, 15) is 0 Å². The molecule has 0 N–H and O–H groups in total. The van der Waals surface area contributed by atoms with E-state index in [4.69, 9.17) is 19.4 Å². The van der Waals surface area contributed by atoms with Crippen molar-refractivity contribution >= 4 is 49.6 Å². The first-order valence-corrected chi connectivity index (χ1v) is 17.2. The van der Waals surface area contributed by atoms with E-state index in [0.29, 0.717) is 17.5 Å². The molecule has 236 valence electrons. The highest BCUT2D eigenvalue weighted by Gasteiger charge is 2.25. The van der Waals surface area contributed by atoms with Crippen LogP contribution in [0.25, 0.3) is 94.8 Å². The number of hydrogen-bond donors (Lipinski definition) is 0. The summed E-state index contributed by atoms with van der Waals surface area (Å²) in [5.74, 6) is 2.28. The van der Waals surface area contributed by atoms with E-state index in [1.165, 1.54) is 43.8 Å². The van der Waals surface area contributed by atoms with Gasteiger partial charge < -0.3 is 4.42 Å². The lowest BCUT2D eigenvalue weighted by atomic mass is 9.80. The van der Waals surface area contributed by atoms with Crippen LogP contribution >= 0.6 is 0 Å². The van der Waals surface area contributed by atoms with Crippen LogP contribution in [0.3, 0.4) is 0 Å². The highest BCUT2D eigenvalue weighted by atomic mass is 16.3. The molecule has 50 heavy (non-hydrogen) atoms. The van der Waals surface area contributed by atoms with E-state index in [1.54, 1.807) is 0 Å². The lowest BCUT2D eigenvalue weighted by molar-refractivity contribution is 0.669. The Bertz CT molecular complexity index is 2810. The molecule has 0 saturated carbocycles. The Hall–Kier alpha value is -6.39. The highest BCUT2D eigenvalue weighted by molar-refractivity contribution is 6.13. The van der Waals surface area contributed by atoms with Crippen LogP contribution < -0.4 is 0 Å². The summed E-state index contributed by atoms with van der Waals surface area (Å²) in [6, 6.07) is 48.8. The van der Waals surface area contributed by atoms with Gasteiger partial charge in [0, 0.05) is 27.5 Å². The Kier molecular flexibility index (Phi) is 6.50. The minimum absolute atomic E-state index is 0.276. The maximum atomic E-state index is 6.29. The van der Waals surface area contributed by atoms with Gasteiger partial charge in [-0.3, -0.25) is 0 Å². The zero-order chi connectivity index (χ0) is 33.2. The Balaban J connectivity index is 1.20. The molecular weight excluding hydrogens is 611 g/mol. The van der Waals surface area contributed by atoms with E-state index in [0.717, 1.165) is 45.0 Å². The average molecular weight is 642 g/mol. The monoisotopic (exact) mass is 641 g/mol. The molecule has 0 radical (unpaired) electrons. The number of benzene rings is 7.